The fourth-order valence-electron chi connectivity index (χ4n) is 2.81. The number of rotatable bonds is 8. The number of benzene rings is 2. The summed E-state index contributed by atoms with van der Waals surface area (Å²) in [6.45, 7) is 7.88. The normalized spacial score (nSPS) is 11.0. The molecule has 1 amide bonds. The number of carbonyl (C=O) groups is 1. The summed E-state index contributed by atoms with van der Waals surface area (Å²) in [7, 11) is 0. The van der Waals surface area contributed by atoms with Crippen LogP contribution in [0, 0.1) is 0 Å². The second kappa shape index (κ2) is 8.49. The number of ether oxygens (including phenoxy) is 1. The minimum Gasteiger partial charge on any atom is -0.492 e. The van der Waals surface area contributed by atoms with E-state index in [-0.39, 0.29) is 5.91 Å². The largest absolute Gasteiger partial charge is 0.492 e. The quantitative estimate of drug-likeness (QED) is 0.651. The van der Waals surface area contributed by atoms with E-state index in [0.717, 1.165) is 36.6 Å². The zero-order valence-electron chi connectivity index (χ0n) is 15.2. The molecule has 0 atom stereocenters. The molecule has 1 aromatic heterocycles. The number of amides is 1. The van der Waals surface area contributed by atoms with Gasteiger partial charge in [0.15, 0.2) is 0 Å². The van der Waals surface area contributed by atoms with Gasteiger partial charge in [-0.25, -0.2) is 4.98 Å². The maximum Gasteiger partial charge on any atom is 0.257 e. The van der Waals surface area contributed by atoms with E-state index >= 15 is 0 Å². The number of hydrogen-bond acceptors (Lipinski definition) is 4. The van der Waals surface area contributed by atoms with Crippen LogP contribution < -0.4 is 10.1 Å². The van der Waals surface area contributed by atoms with E-state index < -0.39 is 0 Å². The Hall–Kier alpha value is -2.86. The van der Waals surface area contributed by atoms with Gasteiger partial charge in [0.1, 0.15) is 17.9 Å². The Morgan fingerprint density at radius 1 is 1.15 bits per heavy atom. The van der Waals surface area contributed by atoms with E-state index in [0.29, 0.717) is 17.7 Å². The number of hydrogen-bond donors (Lipinski definition) is 2. The lowest BCUT2D eigenvalue weighted by molar-refractivity contribution is 0.102. The van der Waals surface area contributed by atoms with Crippen molar-refractivity contribution in [3.8, 4) is 5.75 Å². The first-order valence-corrected chi connectivity index (χ1v) is 8.90. The third-order valence-corrected chi connectivity index (χ3v) is 4.38. The second-order valence-corrected chi connectivity index (χ2v) is 5.96. The van der Waals surface area contributed by atoms with Crippen molar-refractivity contribution in [2.75, 3.05) is 31.6 Å². The lowest BCUT2D eigenvalue weighted by Crippen LogP contribution is -2.27. The highest BCUT2D eigenvalue weighted by Crippen LogP contribution is 2.19. The zero-order chi connectivity index (χ0) is 18.4. The molecule has 0 spiro atoms. The van der Waals surface area contributed by atoms with Gasteiger partial charge in [0, 0.05) is 12.2 Å². The van der Waals surface area contributed by atoms with Crippen LogP contribution in [0.2, 0.25) is 0 Å². The highest BCUT2D eigenvalue weighted by molar-refractivity contribution is 6.11. The average molecular weight is 352 g/mol. The monoisotopic (exact) mass is 352 g/mol. The molecule has 136 valence electrons. The number of aromatic nitrogens is 2. The topological polar surface area (TPSA) is 70.2 Å². The van der Waals surface area contributed by atoms with Gasteiger partial charge in [-0.3, -0.25) is 4.79 Å². The Morgan fingerprint density at radius 3 is 2.65 bits per heavy atom. The van der Waals surface area contributed by atoms with Crippen molar-refractivity contribution in [1.82, 2.24) is 14.9 Å². The second-order valence-electron chi connectivity index (χ2n) is 5.96. The summed E-state index contributed by atoms with van der Waals surface area (Å²) < 4.78 is 5.76. The molecular weight excluding hydrogens is 328 g/mol. The van der Waals surface area contributed by atoms with Crippen LogP contribution in [0.5, 0.6) is 5.75 Å². The molecule has 0 saturated heterocycles. The zero-order valence-corrected chi connectivity index (χ0v) is 15.2. The number of para-hydroxylation sites is 1. The summed E-state index contributed by atoms with van der Waals surface area (Å²) in [5, 5.41) is 2.90. The summed E-state index contributed by atoms with van der Waals surface area (Å²) in [6, 6.07) is 12.9. The van der Waals surface area contributed by atoms with Gasteiger partial charge in [0.05, 0.1) is 17.4 Å². The maximum atomic E-state index is 12.5. The van der Waals surface area contributed by atoms with E-state index in [1.54, 1.807) is 12.4 Å². The van der Waals surface area contributed by atoms with Gasteiger partial charge in [-0.2, -0.15) is 0 Å². The average Bonchev–Trinajstić information content (AvgIpc) is 3.15. The fourth-order valence-corrected chi connectivity index (χ4v) is 2.81. The fraction of sp³-hybridized carbons (Fsp3) is 0.300. The lowest BCUT2D eigenvalue weighted by atomic mass is 10.1. The first-order chi connectivity index (χ1) is 12.7. The van der Waals surface area contributed by atoms with Gasteiger partial charge in [-0.15, -0.1) is 0 Å². The van der Waals surface area contributed by atoms with Crippen LogP contribution in [0.4, 0.5) is 5.69 Å². The number of nitrogens with one attached hydrogen (secondary N) is 2. The molecule has 0 aliphatic rings. The Bertz CT molecular complexity index is 854. The van der Waals surface area contributed by atoms with Crippen molar-refractivity contribution in [3.63, 3.8) is 0 Å². The summed E-state index contributed by atoms with van der Waals surface area (Å²) in [6.07, 6.45) is 1.59. The van der Waals surface area contributed by atoms with Crippen LogP contribution in [-0.4, -0.2) is 47.0 Å². The molecule has 0 saturated carbocycles. The van der Waals surface area contributed by atoms with Crippen LogP contribution in [0.25, 0.3) is 11.0 Å². The molecule has 0 aliphatic carbocycles. The van der Waals surface area contributed by atoms with Crippen molar-refractivity contribution in [3.05, 3.63) is 54.4 Å². The van der Waals surface area contributed by atoms with E-state index in [2.05, 4.69) is 34.0 Å². The minimum atomic E-state index is -0.182. The Labute approximate surface area is 153 Å². The van der Waals surface area contributed by atoms with Gasteiger partial charge < -0.3 is 19.9 Å². The van der Waals surface area contributed by atoms with Crippen LogP contribution in [0.1, 0.15) is 24.2 Å². The molecule has 2 aromatic carbocycles. The molecule has 6 nitrogen and oxygen atoms in total. The van der Waals surface area contributed by atoms with Crippen molar-refractivity contribution >= 4 is 22.6 Å². The Kier molecular flexibility index (Phi) is 5.86. The number of nitrogens with zero attached hydrogens (tertiary/aromatic N) is 2. The third-order valence-electron chi connectivity index (χ3n) is 4.38. The molecule has 26 heavy (non-hydrogen) atoms. The van der Waals surface area contributed by atoms with Crippen molar-refractivity contribution in [2.45, 2.75) is 13.8 Å². The summed E-state index contributed by atoms with van der Waals surface area (Å²) >= 11 is 0. The van der Waals surface area contributed by atoms with E-state index in [1.165, 1.54) is 0 Å². The molecule has 6 heteroatoms. The van der Waals surface area contributed by atoms with Crippen molar-refractivity contribution < 1.29 is 9.53 Å². The molecule has 0 bridgehead atoms. The standard InChI is InChI=1S/C20H24N4O2/c1-3-24(4-2)12-13-26-16-10-8-15(9-11-16)23-20(25)17-6-5-7-18-19(17)22-14-21-18/h5-11,14H,3-4,12-13H2,1-2H3,(H,21,22)(H,23,25). The molecular formula is C20H24N4O2. The van der Waals surface area contributed by atoms with Gasteiger partial charge in [-0.1, -0.05) is 19.9 Å². The minimum absolute atomic E-state index is 0.182. The number of aromatic amines is 1. The summed E-state index contributed by atoms with van der Waals surface area (Å²) in [5.74, 6) is 0.613. The number of imidazole rings is 1. The predicted octanol–water partition coefficient (Wildman–Crippen LogP) is 3.54. The predicted molar refractivity (Wildman–Crippen MR) is 104 cm³/mol. The third kappa shape index (κ3) is 4.21. The maximum absolute atomic E-state index is 12.5. The molecule has 1 heterocycles. The Balaban J connectivity index is 1.59. The van der Waals surface area contributed by atoms with Crippen LogP contribution in [0.3, 0.4) is 0 Å². The van der Waals surface area contributed by atoms with Gasteiger partial charge in [0.25, 0.3) is 5.91 Å². The first-order valence-electron chi connectivity index (χ1n) is 8.90. The highest BCUT2D eigenvalue weighted by Gasteiger charge is 2.12. The molecule has 3 aromatic rings. The molecule has 0 aliphatic heterocycles. The lowest BCUT2D eigenvalue weighted by Gasteiger charge is -2.18. The number of H-pyrrole nitrogens is 1. The van der Waals surface area contributed by atoms with Gasteiger partial charge >= 0.3 is 0 Å². The molecule has 0 fully saturated rings. The summed E-state index contributed by atoms with van der Waals surface area (Å²) in [4.78, 5) is 22.1. The van der Waals surface area contributed by atoms with Crippen molar-refractivity contribution in [2.24, 2.45) is 0 Å². The Morgan fingerprint density at radius 2 is 1.92 bits per heavy atom. The molecule has 2 N–H and O–H groups in total. The van der Waals surface area contributed by atoms with E-state index in [4.69, 9.17) is 4.74 Å². The van der Waals surface area contributed by atoms with E-state index in [1.807, 2.05) is 36.4 Å². The van der Waals surface area contributed by atoms with Gasteiger partial charge in [-0.05, 0) is 49.5 Å². The smallest absolute Gasteiger partial charge is 0.257 e. The number of anilines is 1. The molecule has 0 radical (unpaired) electrons. The first kappa shape index (κ1) is 17.9. The summed E-state index contributed by atoms with van der Waals surface area (Å²) in [5.41, 5.74) is 2.78. The SMILES string of the molecule is CCN(CC)CCOc1ccc(NC(=O)c2cccc3[nH]cnc23)cc1. The van der Waals surface area contributed by atoms with Crippen molar-refractivity contribution in [1.29, 1.82) is 0 Å². The van der Waals surface area contributed by atoms with Crippen LogP contribution >= 0.6 is 0 Å². The van der Waals surface area contributed by atoms with Crippen LogP contribution in [-0.2, 0) is 0 Å². The highest BCUT2D eigenvalue weighted by atomic mass is 16.5. The number of carbonyl (C=O) groups excluding carboxylic acids is 1. The van der Waals surface area contributed by atoms with Gasteiger partial charge in [0.2, 0.25) is 0 Å². The molecule has 0 unspecified atom stereocenters. The number of likely N-dealkylation sites (N-methyl/N-ethyl adjacent to an activating group) is 1. The molecule has 3 rings (SSSR count). The van der Waals surface area contributed by atoms with Crippen LogP contribution in [0.15, 0.2) is 48.8 Å². The van der Waals surface area contributed by atoms with E-state index in [9.17, 15) is 4.79 Å². The number of fused-ring (bicyclic) bond motifs is 1.